The van der Waals surface area contributed by atoms with Crippen LogP contribution in [-0.4, -0.2) is 36.0 Å². The summed E-state index contributed by atoms with van der Waals surface area (Å²) in [6.45, 7) is 13.9. The monoisotopic (exact) mass is 266 g/mol. The molecule has 1 amide bonds. The molecular weight excluding hydrogens is 240 g/mol. The lowest BCUT2D eigenvalue weighted by Gasteiger charge is -2.30. The molecule has 0 spiro atoms. The predicted octanol–water partition coefficient (Wildman–Crippen LogP) is 2.75. The van der Waals surface area contributed by atoms with Crippen LogP contribution < -0.4 is 5.32 Å². The van der Waals surface area contributed by atoms with Gasteiger partial charge in [-0.2, -0.15) is 0 Å². The van der Waals surface area contributed by atoms with Gasteiger partial charge in [-0.05, 0) is 47.6 Å². The van der Waals surface area contributed by atoms with Crippen LogP contribution in [0.4, 0.5) is 0 Å². The summed E-state index contributed by atoms with van der Waals surface area (Å²) in [6.07, 6.45) is 0. The van der Waals surface area contributed by atoms with Crippen molar-refractivity contribution in [2.45, 2.75) is 53.6 Å². The first-order valence-electron chi connectivity index (χ1n) is 6.94. The van der Waals surface area contributed by atoms with Gasteiger partial charge in [-0.1, -0.05) is 0 Å². The van der Waals surface area contributed by atoms with E-state index in [4.69, 9.17) is 4.42 Å². The maximum atomic E-state index is 12.0. The van der Waals surface area contributed by atoms with E-state index >= 15 is 0 Å². The Morgan fingerprint density at radius 1 is 1.26 bits per heavy atom. The fourth-order valence-corrected chi connectivity index (χ4v) is 2.36. The van der Waals surface area contributed by atoms with Gasteiger partial charge in [0.15, 0.2) is 0 Å². The summed E-state index contributed by atoms with van der Waals surface area (Å²) in [5, 5.41) is 2.95. The van der Waals surface area contributed by atoms with E-state index in [1.807, 2.05) is 13.8 Å². The highest BCUT2D eigenvalue weighted by molar-refractivity contribution is 5.95. The Balaban J connectivity index is 2.49. The van der Waals surface area contributed by atoms with Crippen LogP contribution in [0.25, 0.3) is 0 Å². The molecule has 0 radical (unpaired) electrons. The van der Waals surface area contributed by atoms with Crippen LogP contribution in [0.2, 0.25) is 0 Å². The van der Waals surface area contributed by atoms with Gasteiger partial charge < -0.3 is 9.73 Å². The fourth-order valence-electron chi connectivity index (χ4n) is 2.36. The number of amides is 1. The first-order valence-corrected chi connectivity index (χ1v) is 6.94. The van der Waals surface area contributed by atoms with Gasteiger partial charge in [0, 0.05) is 25.2 Å². The van der Waals surface area contributed by atoms with Gasteiger partial charge in [0.25, 0.3) is 5.91 Å². The number of nitrogens with zero attached hydrogens (tertiary/aromatic N) is 1. The number of nitrogens with one attached hydrogen (secondary N) is 1. The predicted molar refractivity (Wildman–Crippen MR) is 77.5 cm³/mol. The van der Waals surface area contributed by atoms with Crippen LogP contribution in [-0.2, 0) is 0 Å². The molecule has 0 aliphatic carbocycles. The summed E-state index contributed by atoms with van der Waals surface area (Å²) in [5.74, 6) is 1.40. The van der Waals surface area contributed by atoms with E-state index in [0.29, 0.717) is 30.0 Å². The van der Waals surface area contributed by atoms with Crippen molar-refractivity contribution in [2.24, 2.45) is 0 Å². The van der Waals surface area contributed by atoms with Gasteiger partial charge in [0.05, 0.1) is 5.56 Å². The molecule has 0 bridgehead atoms. The first-order chi connectivity index (χ1) is 8.82. The van der Waals surface area contributed by atoms with Crippen LogP contribution in [0.1, 0.15) is 49.6 Å². The number of hydrogen-bond donors (Lipinski definition) is 1. The molecule has 19 heavy (non-hydrogen) atoms. The Hall–Kier alpha value is -1.29. The van der Waals surface area contributed by atoms with E-state index in [0.717, 1.165) is 12.3 Å². The van der Waals surface area contributed by atoms with Crippen molar-refractivity contribution < 1.29 is 9.21 Å². The Labute approximate surface area is 116 Å². The molecule has 108 valence electrons. The van der Waals surface area contributed by atoms with E-state index in [-0.39, 0.29) is 5.91 Å². The van der Waals surface area contributed by atoms with Crippen molar-refractivity contribution in [1.82, 2.24) is 10.2 Å². The maximum Gasteiger partial charge on any atom is 0.254 e. The molecule has 1 aromatic rings. The fraction of sp³-hybridized carbons (Fsp3) is 0.667. The SMILES string of the molecule is Cc1cc(C(=O)NCCN(C(C)C)C(C)C)c(C)o1. The molecule has 1 aromatic heterocycles. The molecule has 0 aromatic carbocycles. The number of aryl methyl sites for hydroxylation is 2. The molecule has 4 nitrogen and oxygen atoms in total. The maximum absolute atomic E-state index is 12.0. The average Bonchev–Trinajstić information content (AvgIpc) is 2.62. The van der Waals surface area contributed by atoms with Crippen LogP contribution in [0.15, 0.2) is 10.5 Å². The van der Waals surface area contributed by atoms with Gasteiger partial charge in [0.1, 0.15) is 11.5 Å². The molecule has 0 unspecified atom stereocenters. The third-order valence-corrected chi connectivity index (χ3v) is 3.27. The Morgan fingerprint density at radius 3 is 2.26 bits per heavy atom. The van der Waals surface area contributed by atoms with Crippen molar-refractivity contribution in [1.29, 1.82) is 0 Å². The molecule has 1 heterocycles. The van der Waals surface area contributed by atoms with E-state index in [1.54, 1.807) is 6.07 Å². The zero-order valence-corrected chi connectivity index (χ0v) is 12.9. The lowest BCUT2D eigenvalue weighted by molar-refractivity contribution is 0.0938. The highest BCUT2D eigenvalue weighted by atomic mass is 16.3. The average molecular weight is 266 g/mol. The molecular formula is C15H26N2O2. The Bertz CT molecular complexity index is 414. The van der Waals surface area contributed by atoms with Crippen molar-refractivity contribution in [3.63, 3.8) is 0 Å². The minimum Gasteiger partial charge on any atom is -0.466 e. The minimum atomic E-state index is -0.0539. The molecule has 0 fully saturated rings. The van der Waals surface area contributed by atoms with E-state index in [9.17, 15) is 4.79 Å². The second-order valence-corrected chi connectivity index (χ2v) is 5.51. The van der Waals surface area contributed by atoms with E-state index in [1.165, 1.54) is 0 Å². The van der Waals surface area contributed by atoms with Crippen LogP contribution >= 0.6 is 0 Å². The number of rotatable bonds is 6. The van der Waals surface area contributed by atoms with Crippen molar-refractivity contribution in [3.05, 3.63) is 23.2 Å². The second kappa shape index (κ2) is 6.75. The highest BCUT2D eigenvalue weighted by Crippen LogP contribution is 2.13. The second-order valence-electron chi connectivity index (χ2n) is 5.51. The lowest BCUT2D eigenvalue weighted by atomic mass is 10.2. The molecule has 1 N–H and O–H groups in total. The van der Waals surface area contributed by atoms with Crippen molar-refractivity contribution in [2.75, 3.05) is 13.1 Å². The van der Waals surface area contributed by atoms with Crippen LogP contribution in [0.5, 0.6) is 0 Å². The number of carbonyl (C=O) groups is 1. The third kappa shape index (κ3) is 4.39. The molecule has 0 aliphatic heterocycles. The summed E-state index contributed by atoms with van der Waals surface area (Å²) in [5.41, 5.74) is 0.637. The molecule has 1 rings (SSSR count). The zero-order valence-electron chi connectivity index (χ0n) is 12.9. The number of hydrogen-bond acceptors (Lipinski definition) is 3. The molecule has 0 aliphatic rings. The lowest BCUT2D eigenvalue weighted by Crippen LogP contribution is -2.42. The van der Waals surface area contributed by atoms with Crippen molar-refractivity contribution in [3.8, 4) is 0 Å². The third-order valence-electron chi connectivity index (χ3n) is 3.27. The largest absolute Gasteiger partial charge is 0.466 e. The molecule has 4 heteroatoms. The smallest absolute Gasteiger partial charge is 0.254 e. The zero-order chi connectivity index (χ0) is 14.6. The quantitative estimate of drug-likeness (QED) is 0.861. The summed E-state index contributed by atoms with van der Waals surface area (Å²) in [7, 11) is 0. The van der Waals surface area contributed by atoms with Gasteiger partial charge in [-0.25, -0.2) is 0 Å². The first kappa shape index (κ1) is 15.8. The Kier molecular flexibility index (Phi) is 5.60. The summed E-state index contributed by atoms with van der Waals surface area (Å²) < 4.78 is 5.37. The molecule has 0 saturated carbocycles. The number of carbonyl (C=O) groups excluding carboxylic acids is 1. The summed E-state index contributed by atoms with van der Waals surface area (Å²) in [6, 6.07) is 2.75. The highest BCUT2D eigenvalue weighted by Gasteiger charge is 2.15. The van der Waals surface area contributed by atoms with Crippen LogP contribution in [0, 0.1) is 13.8 Å². The number of furan rings is 1. The van der Waals surface area contributed by atoms with Crippen LogP contribution in [0.3, 0.4) is 0 Å². The van der Waals surface area contributed by atoms with Gasteiger partial charge in [0.2, 0.25) is 0 Å². The van der Waals surface area contributed by atoms with Crippen molar-refractivity contribution >= 4 is 5.91 Å². The summed E-state index contributed by atoms with van der Waals surface area (Å²) in [4.78, 5) is 14.4. The van der Waals surface area contributed by atoms with Gasteiger partial charge in [-0.3, -0.25) is 9.69 Å². The van der Waals surface area contributed by atoms with Gasteiger partial charge >= 0.3 is 0 Å². The van der Waals surface area contributed by atoms with Gasteiger partial charge in [-0.15, -0.1) is 0 Å². The minimum absolute atomic E-state index is 0.0539. The van der Waals surface area contributed by atoms with E-state index < -0.39 is 0 Å². The van der Waals surface area contributed by atoms with E-state index in [2.05, 4.69) is 37.9 Å². The molecule has 0 atom stereocenters. The topological polar surface area (TPSA) is 45.5 Å². The Morgan fingerprint density at radius 2 is 1.84 bits per heavy atom. The molecule has 0 saturated heterocycles. The summed E-state index contributed by atoms with van der Waals surface area (Å²) >= 11 is 0. The normalized spacial score (nSPS) is 11.6. The standard InChI is InChI=1S/C15H26N2O2/c1-10(2)17(11(3)4)8-7-16-15(18)14-9-12(5)19-13(14)6/h9-11H,7-8H2,1-6H3,(H,16,18).